The first kappa shape index (κ1) is 28.7. The quantitative estimate of drug-likeness (QED) is 0.148. The maximum absolute atomic E-state index is 15.6. The summed E-state index contributed by atoms with van der Waals surface area (Å²) in [7, 11) is 1.60. The standard InChI is InChI=1S/C33H32F3N5O2/c1-4-32(19-34)21(2)26(35)30(43-32)41-20-37-27-28(38-31(36)39-29(27)41)40-33(22-11-7-5-8-12-22,23-13-9-6-10-14-23)24-15-17-25(42-3)18-16-24/h5-18,20-21,26,30H,4,19H2,1-3H3,(H,38,39,40)/t21-,26-,30+,32-/m0/s1. The number of ether oxygens (including phenoxy) is 2. The lowest BCUT2D eigenvalue weighted by Crippen LogP contribution is -2.38. The zero-order chi connectivity index (χ0) is 30.2. The van der Waals surface area contributed by atoms with E-state index in [0.717, 1.165) is 16.7 Å². The molecule has 3 heterocycles. The average molecular weight is 588 g/mol. The van der Waals surface area contributed by atoms with Gasteiger partial charge in [-0.25, -0.2) is 13.8 Å². The van der Waals surface area contributed by atoms with E-state index in [1.54, 1.807) is 21.0 Å². The summed E-state index contributed by atoms with van der Waals surface area (Å²) in [6.07, 6.45) is -2.20. The van der Waals surface area contributed by atoms with Gasteiger partial charge in [0.25, 0.3) is 0 Å². The highest BCUT2D eigenvalue weighted by molar-refractivity contribution is 5.84. The van der Waals surface area contributed by atoms with E-state index < -0.39 is 42.2 Å². The van der Waals surface area contributed by atoms with E-state index in [-0.39, 0.29) is 23.4 Å². The molecule has 5 aromatic rings. The van der Waals surface area contributed by atoms with E-state index in [0.29, 0.717) is 5.75 Å². The number of anilines is 1. The van der Waals surface area contributed by atoms with Gasteiger partial charge in [0.2, 0.25) is 0 Å². The number of imidazole rings is 1. The van der Waals surface area contributed by atoms with Crippen LogP contribution in [0, 0.1) is 12.0 Å². The zero-order valence-electron chi connectivity index (χ0n) is 24.0. The average Bonchev–Trinajstić information content (AvgIpc) is 3.58. The van der Waals surface area contributed by atoms with Crippen LogP contribution in [0.25, 0.3) is 11.2 Å². The summed E-state index contributed by atoms with van der Waals surface area (Å²) in [6.45, 7) is 2.54. The molecule has 3 aromatic carbocycles. The molecule has 6 rings (SSSR count). The maximum atomic E-state index is 15.6. The highest BCUT2D eigenvalue weighted by Gasteiger charge is 2.53. The summed E-state index contributed by atoms with van der Waals surface area (Å²) in [4.78, 5) is 12.6. The van der Waals surface area contributed by atoms with Crippen LogP contribution in [0.3, 0.4) is 0 Å². The molecule has 0 radical (unpaired) electrons. The van der Waals surface area contributed by atoms with Gasteiger partial charge in [-0.15, -0.1) is 0 Å². The van der Waals surface area contributed by atoms with Crippen molar-refractivity contribution in [2.45, 2.75) is 43.8 Å². The highest BCUT2D eigenvalue weighted by Crippen LogP contribution is 2.47. The maximum Gasteiger partial charge on any atom is 0.312 e. The Hall–Kier alpha value is -4.44. The predicted molar refractivity (Wildman–Crippen MR) is 158 cm³/mol. The van der Waals surface area contributed by atoms with Crippen LogP contribution in [-0.4, -0.2) is 45.1 Å². The van der Waals surface area contributed by atoms with Crippen LogP contribution in [0.5, 0.6) is 5.75 Å². The van der Waals surface area contributed by atoms with Gasteiger partial charge in [-0.2, -0.15) is 14.4 Å². The number of nitrogens with zero attached hydrogens (tertiary/aromatic N) is 4. The normalized spacial score (nSPS) is 22.1. The van der Waals surface area contributed by atoms with Crippen molar-refractivity contribution in [1.29, 1.82) is 0 Å². The molecule has 0 unspecified atom stereocenters. The summed E-state index contributed by atoms with van der Waals surface area (Å²) >= 11 is 0. The smallest absolute Gasteiger partial charge is 0.312 e. The summed E-state index contributed by atoms with van der Waals surface area (Å²) < 4.78 is 57.8. The lowest BCUT2D eigenvalue weighted by atomic mass is 9.77. The molecule has 1 aliphatic heterocycles. The summed E-state index contributed by atoms with van der Waals surface area (Å²) in [6, 6.07) is 27.0. The molecule has 1 N–H and O–H groups in total. The van der Waals surface area contributed by atoms with Crippen LogP contribution in [-0.2, 0) is 10.3 Å². The molecule has 1 saturated heterocycles. The Morgan fingerprint density at radius 1 is 0.953 bits per heavy atom. The first-order valence-electron chi connectivity index (χ1n) is 14.2. The van der Waals surface area contributed by atoms with Gasteiger partial charge in [0.05, 0.1) is 13.4 Å². The van der Waals surface area contributed by atoms with Gasteiger partial charge in [-0.3, -0.25) is 4.57 Å². The number of halogens is 3. The molecule has 0 spiro atoms. The van der Waals surface area contributed by atoms with Crippen LogP contribution >= 0.6 is 0 Å². The van der Waals surface area contributed by atoms with Gasteiger partial charge < -0.3 is 14.8 Å². The number of rotatable bonds is 9. The molecule has 2 aromatic heterocycles. The third kappa shape index (κ3) is 4.70. The Balaban J connectivity index is 1.55. The van der Waals surface area contributed by atoms with Crippen molar-refractivity contribution < 1.29 is 22.6 Å². The molecule has 1 aliphatic rings. The number of aromatic nitrogens is 4. The Bertz CT molecular complexity index is 1660. The van der Waals surface area contributed by atoms with Gasteiger partial charge in [0.15, 0.2) is 29.4 Å². The second-order valence-electron chi connectivity index (χ2n) is 10.8. The van der Waals surface area contributed by atoms with E-state index in [1.807, 2.05) is 84.9 Å². The summed E-state index contributed by atoms with van der Waals surface area (Å²) in [5, 5.41) is 3.52. The van der Waals surface area contributed by atoms with Crippen LogP contribution in [0.2, 0.25) is 0 Å². The van der Waals surface area contributed by atoms with Crippen LogP contribution < -0.4 is 10.1 Å². The van der Waals surface area contributed by atoms with Gasteiger partial charge in [0.1, 0.15) is 23.6 Å². The Kier molecular flexibility index (Phi) is 7.56. The predicted octanol–water partition coefficient (Wildman–Crippen LogP) is 7.00. The van der Waals surface area contributed by atoms with E-state index in [2.05, 4.69) is 20.3 Å². The Morgan fingerprint density at radius 2 is 1.56 bits per heavy atom. The number of hydrogen-bond acceptors (Lipinski definition) is 6. The fourth-order valence-corrected chi connectivity index (χ4v) is 6.09. The van der Waals surface area contributed by atoms with E-state index in [9.17, 15) is 4.39 Å². The molecule has 1 fully saturated rings. The molecule has 0 bridgehead atoms. The highest BCUT2D eigenvalue weighted by atomic mass is 19.1. The van der Waals surface area contributed by atoms with Gasteiger partial charge >= 0.3 is 6.08 Å². The van der Waals surface area contributed by atoms with Crippen molar-refractivity contribution in [3.05, 3.63) is 114 Å². The second-order valence-corrected chi connectivity index (χ2v) is 10.8. The lowest BCUT2D eigenvalue weighted by Gasteiger charge is -2.37. The number of nitrogens with one attached hydrogen (secondary N) is 1. The Labute approximate surface area is 247 Å². The minimum absolute atomic E-state index is 0.0327. The van der Waals surface area contributed by atoms with Crippen molar-refractivity contribution in [2.24, 2.45) is 5.92 Å². The lowest BCUT2D eigenvalue weighted by molar-refractivity contribution is -0.0993. The van der Waals surface area contributed by atoms with Crippen molar-refractivity contribution >= 4 is 17.0 Å². The molecule has 222 valence electrons. The van der Waals surface area contributed by atoms with Crippen molar-refractivity contribution in [1.82, 2.24) is 19.5 Å². The first-order valence-corrected chi connectivity index (χ1v) is 14.2. The van der Waals surface area contributed by atoms with Crippen LogP contribution in [0.1, 0.15) is 43.2 Å². The number of hydrogen-bond donors (Lipinski definition) is 1. The number of benzene rings is 3. The van der Waals surface area contributed by atoms with Gasteiger partial charge in [-0.1, -0.05) is 86.6 Å². The molecule has 43 heavy (non-hydrogen) atoms. The minimum Gasteiger partial charge on any atom is -0.497 e. The summed E-state index contributed by atoms with van der Waals surface area (Å²) in [5.74, 6) is 0.0441. The monoisotopic (exact) mass is 587 g/mol. The third-order valence-electron chi connectivity index (χ3n) is 8.67. The Morgan fingerprint density at radius 3 is 2.09 bits per heavy atom. The zero-order valence-corrected chi connectivity index (χ0v) is 24.0. The van der Waals surface area contributed by atoms with Crippen molar-refractivity contribution in [3.8, 4) is 5.75 Å². The van der Waals surface area contributed by atoms with Gasteiger partial charge in [-0.05, 0) is 35.2 Å². The van der Waals surface area contributed by atoms with Crippen molar-refractivity contribution in [2.75, 3.05) is 19.1 Å². The minimum atomic E-state index is -1.56. The molecular weight excluding hydrogens is 555 g/mol. The molecule has 10 heteroatoms. The topological polar surface area (TPSA) is 74.1 Å². The van der Waals surface area contributed by atoms with Crippen LogP contribution in [0.4, 0.5) is 19.0 Å². The van der Waals surface area contributed by atoms with E-state index in [1.165, 1.54) is 10.9 Å². The fraction of sp³-hybridized carbons (Fsp3) is 0.303. The van der Waals surface area contributed by atoms with E-state index >= 15 is 8.78 Å². The number of fused-ring (bicyclic) bond motifs is 1. The number of alkyl halides is 2. The fourth-order valence-electron chi connectivity index (χ4n) is 6.09. The third-order valence-corrected chi connectivity index (χ3v) is 8.67. The van der Waals surface area contributed by atoms with Gasteiger partial charge in [0, 0.05) is 5.92 Å². The SMILES string of the molecule is CC[C@@]1(CF)O[C@@H](n2cnc3c(NC(c4ccccc4)(c4ccccc4)c4ccc(OC)cc4)nc(F)nc32)[C@@H](F)[C@@H]1C. The first-order chi connectivity index (χ1) is 20.9. The molecule has 0 aliphatic carbocycles. The summed E-state index contributed by atoms with van der Waals surface area (Å²) in [5.41, 5.74) is 0.408. The second kappa shape index (κ2) is 11.3. The van der Waals surface area contributed by atoms with Crippen LogP contribution in [0.15, 0.2) is 91.3 Å². The van der Waals surface area contributed by atoms with Crippen molar-refractivity contribution in [3.63, 3.8) is 0 Å². The van der Waals surface area contributed by atoms with E-state index in [4.69, 9.17) is 9.47 Å². The molecule has 4 atom stereocenters. The largest absolute Gasteiger partial charge is 0.497 e. The molecule has 7 nitrogen and oxygen atoms in total. The molecule has 0 amide bonds. The number of methoxy groups -OCH3 is 1. The molecule has 0 saturated carbocycles. The molecular formula is C33H32F3N5O2.